The molecule has 8 nitrogen and oxygen atoms in total. The third-order valence-corrected chi connectivity index (χ3v) is 6.44. The summed E-state index contributed by atoms with van der Waals surface area (Å²) >= 11 is 1.11. The van der Waals surface area contributed by atoms with Crippen molar-refractivity contribution in [3.8, 4) is 17.1 Å². The largest absolute Gasteiger partial charge is 0.495 e. The van der Waals surface area contributed by atoms with Crippen molar-refractivity contribution in [2.75, 3.05) is 18.3 Å². The third-order valence-electron chi connectivity index (χ3n) is 5.39. The lowest BCUT2D eigenvalue weighted by molar-refractivity contribution is -0.115. The second-order valence-electron chi connectivity index (χ2n) is 7.55. The molecule has 0 spiro atoms. The molecule has 172 valence electrons. The number of amides is 1. The molecule has 10 heteroatoms. The molecule has 1 amide bonds. The van der Waals surface area contributed by atoms with Crippen molar-refractivity contribution in [3.05, 3.63) is 66.5 Å². The summed E-state index contributed by atoms with van der Waals surface area (Å²) < 4.78 is 26.7. The van der Waals surface area contributed by atoms with Gasteiger partial charge in [-0.2, -0.15) is 0 Å². The van der Waals surface area contributed by atoms with E-state index in [1.165, 1.54) is 10.7 Å². The van der Waals surface area contributed by atoms with Crippen molar-refractivity contribution >= 4 is 45.3 Å². The lowest BCUT2D eigenvalue weighted by Crippen LogP contribution is -2.24. The van der Waals surface area contributed by atoms with Crippen molar-refractivity contribution in [1.29, 1.82) is 0 Å². The van der Waals surface area contributed by atoms with E-state index < -0.39 is 11.1 Å². The molecule has 5 aromatic rings. The van der Waals surface area contributed by atoms with Crippen molar-refractivity contribution < 1.29 is 18.3 Å². The Labute approximate surface area is 197 Å². The SMILES string of the molecule is COc1cc2c(cc1NC(=O)C(C)Sc1nnc(-c3ccccc3F)n1N)oc1ccccc12. The van der Waals surface area contributed by atoms with E-state index in [9.17, 15) is 9.18 Å². The van der Waals surface area contributed by atoms with Crippen LogP contribution >= 0.6 is 11.8 Å². The summed E-state index contributed by atoms with van der Waals surface area (Å²) in [6.07, 6.45) is 0. The molecule has 0 saturated heterocycles. The van der Waals surface area contributed by atoms with Gasteiger partial charge in [0.2, 0.25) is 11.1 Å². The molecule has 2 aromatic heterocycles. The van der Waals surface area contributed by atoms with Gasteiger partial charge in [0.1, 0.15) is 22.7 Å². The summed E-state index contributed by atoms with van der Waals surface area (Å²) in [7, 11) is 1.54. The number of methoxy groups -OCH3 is 1. The maximum Gasteiger partial charge on any atom is 0.237 e. The number of carbonyl (C=O) groups is 1. The lowest BCUT2D eigenvalue weighted by Gasteiger charge is -2.14. The Bertz CT molecular complexity index is 1530. The summed E-state index contributed by atoms with van der Waals surface area (Å²) in [6.45, 7) is 1.71. The fourth-order valence-electron chi connectivity index (χ4n) is 3.65. The minimum absolute atomic E-state index is 0.171. The van der Waals surface area contributed by atoms with Crippen molar-refractivity contribution in [2.45, 2.75) is 17.3 Å². The second-order valence-corrected chi connectivity index (χ2v) is 8.86. The Balaban J connectivity index is 1.37. The van der Waals surface area contributed by atoms with Crippen molar-refractivity contribution in [3.63, 3.8) is 0 Å². The number of nitrogens with zero attached hydrogens (tertiary/aromatic N) is 3. The van der Waals surface area contributed by atoms with Gasteiger partial charge in [-0.15, -0.1) is 10.2 Å². The van der Waals surface area contributed by atoms with Crippen molar-refractivity contribution in [1.82, 2.24) is 14.9 Å². The number of halogens is 1. The molecular weight excluding hydrogens is 457 g/mol. The molecule has 0 radical (unpaired) electrons. The molecule has 1 atom stereocenters. The number of hydrogen-bond donors (Lipinski definition) is 2. The molecule has 3 aromatic carbocycles. The monoisotopic (exact) mass is 477 g/mol. The second kappa shape index (κ2) is 8.71. The van der Waals surface area contributed by atoms with Gasteiger partial charge in [0.05, 0.1) is 23.6 Å². The Kier molecular flexibility index (Phi) is 5.58. The number of anilines is 1. The molecule has 0 fully saturated rings. The molecule has 1 unspecified atom stereocenters. The van der Waals surface area contributed by atoms with E-state index in [4.69, 9.17) is 15.0 Å². The summed E-state index contributed by atoms with van der Waals surface area (Å²) in [4.78, 5) is 13.0. The van der Waals surface area contributed by atoms with Gasteiger partial charge in [-0.05, 0) is 31.2 Å². The number of carbonyl (C=O) groups excluding carboxylic acids is 1. The third kappa shape index (κ3) is 3.81. The van der Waals surface area contributed by atoms with E-state index in [2.05, 4.69) is 15.5 Å². The number of fused-ring (bicyclic) bond motifs is 3. The average molecular weight is 478 g/mol. The first-order chi connectivity index (χ1) is 16.5. The highest BCUT2D eigenvalue weighted by Gasteiger charge is 2.22. The highest BCUT2D eigenvalue weighted by atomic mass is 32.2. The van der Waals surface area contributed by atoms with Gasteiger partial charge in [-0.1, -0.05) is 42.1 Å². The van der Waals surface area contributed by atoms with Crippen LogP contribution in [0.3, 0.4) is 0 Å². The average Bonchev–Trinajstić information content (AvgIpc) is 3.38. The zero-order chi connectivity index (χ0) is 23.8. The summed E-state index contributed by atoms with van der Waals surface area (Å²) in [5.41, 5.74) is 2.09. The first kappa shape index (κ1) is 21.8. The van der Waals surface area contributed by atoms with Crippen LogP contribution in [-0.2, 0) is 4.79 Å². The molecule has 0 aliphatic carbocycles. The molecule has 0 aliphatic rings. The van der Waals surface area contributed by atoms with Crippen LogP contribution in [0.25, 0.3) is 33.3 Å². The van der Waals surface area contributed by atoms with Crippen LogP contribution in [0.4, 0.5) is 10.1 Å². The molecule has 0 saturated carbocycles. The molecular formula is C24H20FN5O3S. The number of nitrogen functional groups attached to an aromatic ring is 1. The van der Waals surface area contributed by atoms with Gasteiger partial charge in [0.25, 0.3) is 0 Å². The van der Waals surface area contributed by atoms with E-state index in [0.29, 0.717) is 17.0 Å². The molecule has 3 N–H and O–H groups in total. The predicted octanol–water partition coefficient (Wildman–Crippen LogP) is 4.83. The molecule has 2 heterocycles. The zero-order valence-electron chi connectivity index (χ0n) is 18.3. The van der Waals surface area contributed by atoms with E-state index >= 15 is 0 Å². The van der Waals surface area contributed by atoms with Gasteiger partial charge in [0.15, 0.2) is 5.82 Å². The van der Waals surface area contributed by atoms with Crippen molar-refractivity contribution in [2.24, 2.45) is 0 Å². The molecule has 0 bridgehead atoms. The highest BCUT2D eigenvalue weighted by molar-refractivity contribution is 8.00. The Hall–Kier alpha value is -4.05. The number of rotatable bonds is 6. The predicted molar refractivity (Wildman–Crippen MR) is 130 cm³/mol. The molecule has 0 aliphatic heterocycles. The van der Waals surface area contributed by atoms with Gasteiger partial charge in [-0.25, -0.2) is 9.07 Å². The number of para-hydroxylation sites is 1. The fourth-order valence-corrected chi connectivity index (χ4v) is 4.42. The number of thioether (sulfide) groups is 1. The lowest BCUT2D eigenvalue weighted by atomic mass is 10.1. The summed E-state index contributed by atoms with van der Waals surface area (Å²) in [5.74, 6) is 6.01. The number of aromatic nitrogens is 3. The first-order valence-electron chi connectivity index (χ1n) is 10.4. The van der Waals surface area contributed by atoms with Gasteiger partial charge >= 0.3 is 0 Å². The normalized spacial score (nSPS) is 12.2. The minimum atomic E-state index is -0.587. The van der Waals surface area contributed by atoms with E-state index in [1.54, 1.807) is 38.3 Å². The molecule has 34 heavy (non-hydrogen) atoms. The zero-order valence-corrected chi connectivity index (χ0v) is 19.1. The highest BCUT2D eigenvalue weighted by Crippen LogP contribution is 2.37. The van der Waals surface area contributed by atoms with Crippen LogP contribution < -0.4 is 15.9 Å². The number of hydrogen-bond acceptors (Lipinski definition) is 7. The van der Waals surface area contributed by atoms with Crippen LogP contribution in [0.2, 0.25) is 0 Å². The Morgan fingerprint density at radius 1 is 1.12 bits per heavy atom. The number of furan rings is 1. The smallest absolute Gasteiger partial charge is 0.237 e. The van der Waals surface area contributed by atoms with E-state index in [-0.39, 0.29) is 22.5 Å². The minimum Gasteiger partial charge on any atom is -0.495 e. The number of benzene rings is 3. The van der Waals surface area contributed by atoms with E-state index in [1.807, 2.05) is 30.3 Å². The number of ether oxygens (including phenoxy) is 1. The molecule has 5 rings (SSSR count). The Morgan fingerprint density at radius 2 is 1.88 bits per heavy atom. The summed E-state index contributed by atoms with van der Waals surface area (Å²) in [6, 6.07) is 17.4. The van der Waals surface area contributed by atoms with Crippen LogP contribution in [-0.4, -0.2) is 33.1 Å². The van der Waals surface area contributed by atoms with E-state index in [0.717, 1.165) is 28.1 Å². The van der Waals surface area contributed by atoms with Crippen LogP contribution in [0.15, 0.2) is 70.2 Å². The first-order valence-corrected chi connectivity index (χ1v) is 11.3. The standard InChI is InChI=1S/C24H20FN5O3S/c1-13(34-24-29-28-22(30(24)26)15-8-3-5-9-17(15)25)23(31)27-18-12-20-16(11-21(18)32-2)14-7-4-6-10-19(14)33-20/h3-13H,26H2,1-2H3,(H,27,31). The van der Waals surface area contributed by atoms with Crippen LogP contribution in [0, 0.1) is 5.82 Å². The van der Waals surface area contributed by atoms with Crippen LogP contribution in [0.1, 0.15) is 6.92 Å². The maximum atomic E-state index is 14.1. The Morgan fingerprint density at radius 3 is 2.68 bits per heavy atom. The van der Waals surface area contributed by atoms with Gasteiger partial charge in [0, 0.05) is 16.8 Å². The number of nitrogens with two attached hydrogens (primary N) is 1. The quantitative estimate of drug-likeness (QED) is 0.266. The number of nitrogens with one attached hydrogen (secondary N) is 1. The fraction of sp³-hybridized carbons (Fsp3) is 0.125. The maximum absolute atomic E-state index is 14.1. The van der Waals surface area contributed by atoms with Gasteiger partial charge < -0.3 is 20.3 Å². The topological polar surface area (TPSA) is 108 Å². The summed E-state index contributed by atoms with van der Waals surface area (Å²) in [5, 5.41) is 12.4. The van der Waals surface area contributed by atoms with Crippen LogP contribution in [0.5, 0.6) is 5.75 Å². The van der Waals surface area contributed by atoms with Gasteiger partial charge in [-0.3, -0.25) is 4.79 Å².